The van der Waals surface area contributed by atoms with Gasteiger partial charge in [0, 0.05) is 65.2 Å². The third kappa shape index (κ3) is 12.7. The van der Waals surface area contributed by atoms with Crippen molar-refractivity contribution in [2.24, 2.45) is 0 Å². The SMILES string of the molecule is C.C.C.C.CCOC(=O)CC(=O)c1ccc([N+](=O)[O-])cc1.O=[N+]([O-])c1ccc(-c2cc3n(n2)CCO3)cc1.O=c1cc(-c2ccc([N+](=O)[O-])cc2)[nH][nH]1. The van der Waals surface area contributed by atoms with Crippen LogP contribution in [0.2, 0.25) is 0 Å². The predicted octanol–water partition coefficient (Wildman–Crippen LogP) is 7.40. The van der Waals surface area contributed by atoms with Crippen molar-refractivity contribution >= 4 is 28.8 Å². The molecule has 3 aromatic carbocycles. The molecule has 2 N–H and O–H groups in total. The molecule has 0 unspecified atom stereocenters. The Labute approximate surface area is 304 Å². The number of nitro benzene ring substituents is 3. The first-order valence-electron chi connectivity index (χ1n) is 14.4. The van der Waals surface area contributed by atoms with Crippen LogP contribution in [0.25, 0.3) is 22.5 Å². The number of Topliss-reactive ketones (excluding diaryl/α,β-unsaturated/α-hetero) is 1. The van der Waals surface area contributed by atoms with Crippen LogP contribution in [0.1, 0.15) is 53.4 Å². The number of rotatable bonds is 9. The zero-order valence-electron chi connectivity index (χ0n) is 25.6. The van der Waals surface area contributed by atoms with Gasteiger partial charge in [-0.15, -0.1) is 0 Å². The Morgan fingerprint density at radius 1 is 0.774 bits per heavy atom. The summed E-state index contributed by atoms with van der Waals surface area (Å²) in [5.74, 6) is -0.271. The largest absolute Gasteiger partial charge is 0.476 e. The number of nitro groups is 3. The highest BCUT2D eigenvalue weighted by molar-refractivity contribution is 6.06. The molecule has 0 spiro atoms. The topological polar surface area (TPSA) is 248 Å². The van der Waals surface area contributed by atoms with E-state index in [9.17, 15) is 44.7 Å². The van der Waals surface area contributed by atoms with Gasteiger partial charge in [-0.3, -0.25) is 54.9 Å². The summed E-state index contributed by atoms with van der Waals surface area (Å²) in [5, 5.41) is 40.7. The summed E-state index contributed by atoms with van der Waals surface area (Å²) in [6.07, 6.45) is -0.356. The predicted molar refractivity (Wildman–Crippen MR) is 199 cm³/mol. The van der Waals surface area contributed by atoms with Gasteiger partial charge in [0.25, 0.3) is 22.6 Å². The number of esters is 1. The first kappa shape index (κ1) is 46.0. The summed E-state index contributed by atoms with van der Waals surface area (Å²) >= 11 is 0. The quantitative estimate of drug-likeness (QED) is 0.0493. The van der Waals surface area contributed by atoms with Crippen molar-refractivity contribution in [1.82, 2.24) is 20.0 Å². The molecule has 5 aromatic rings. The fourth-order valence-electron chi connectivity index (χ4n) is 4.27. The summed E-state index contributed by atoms with van der Waals surface area (Å²) in [5.41, 5.74) is 2.97. The molecule has 3 heterocycles. The summed E-state index contributed by atoms with van der Waals surface area (Å²) in [4.78, 5) is 63.3. The lowest BCUT2D eigenvalue weighted by Crippen LogP contribution is -2.11. The van der Waals surface area contributed by atoms with Gasteiger partial charge in [0.05, 0.1) is 39.3 Å². The lowest BCUT2D eigenvalue weighted by atomic mass is 10.1. The number of aromatic amines is 2. The zero-order valence-corrected chi connectivity index (χ0v) is 25.6. The molecule has 0 fully saturated rings. The average Bonchev–Trinajstić information content (AvgIpc) is 3.83. The molecule has 284 valence electrons. The number of carbonyl (C=O) groups is 2. The van der Waals surface area contributed by atoms with E-state index in [2.05, 4.69) is 20.0 Å². The van der Waals surface area contributed by atoms with Crippen LogP contribution in [0.5, 0.6) is 5.88 Å². The second kappa shape index (κ2) is 21.3. The number of nitrogens with zero attached hydrogens (tertiary/aromatic N) is 5. The fraction of sp³-hybridized carbons (Fsp3) is 0.257. The minimum Gasteiger partial charge on any atom is -0.476 e. The smallest absolute Gasteiger partial charge is 0.313 e. The van der Waals surface area contributed by atoms with E-state index in [0.717, 1.165) is 29.2 Å². The second-order valence-electron chi connectivity index (χ2n) is 9.93. The fourth-order valence-corrected chi connectivity index (χ4v) is 4.27. The van der Waals surface area contributed by atoms with Gasteiger partial charge in [-0.1, -0.05) is 29.7 Å². The van der Waals surface area contributed by atoms with E-state index in [4.69, 9.17) is 4.74 Å². The van der Waals surface area contributed by atoms with Gasteiger partial charge in [-0.05, 0) is 43.3 Å². The number of ketones is 1. The molecule has 0 aliphatic carbocycles. The number of fused-ring (bicyclic) bond motifs is 1. The van der Waals surface area contributed by atoms with E-state index in [1.54, 1.807) is 35.9 Å². The van der Waals surface area contributed by atoms with Gasteiger partial charge < -0.3 is 9.47 Å². The highest BCUT2D eigenvalue weighted by Gasteiger charge is 2.17. The summed E-state index contributed by atoms with van der Waals surface area (Å²) in [7, 11) is 0. The van der Waals surface area contributed by atoms with Gasteiger partial charge in [-0.25, -0.2) is 4.68 Å². The monoisotopic (exact) mass is 737 g/mol. The van der Waals surface area contributed by atoms with E-state index >= 15 is 0 Å². The van der Waals surface area contributed by atoms with Crippen LogP contribution in [0.4, 0.5) is 17.1 Å². The van der Waals surface area contributed by atoms with E-state index in [1.807, 2.05) is 6.07 Å². The van der Waals surface area contributed by atoms with E-state index < -0.39 is 26.5 Å². The van der Waals surface area contributed by atoms with Crippen molar-refractivity contribution in [3.63, 3.8) is 0 Å². The molecule has 0 atom stereocenters. The van der Waals surface area contributed by atoms with Crippen molar-refractivity contribution in [2.75, 3.05) is 13.2 Å². The number of hydrogen-bond donors (Lipinski definition) is 2. The highest BCUT2D eigenvalue weighted by atomic mass is 16.6. The number of benzene rings is 3. The lowest BCUT2D eigenvalue weighted by molar-refractivity contribution is -0.385. The Kier molecular flexibility index (Phi) is 18.5. The molecular weight excluding hydrogens is 694 g/mol. The van der Waals surface area contributed by atoms with Gasteiger partial charge in [0.1, 0.15) is 13.0 Å². The zero-order chi connectivity index (χ0) is 35.5. The van der Waals surface area contributed by atoms with Crippen molar-refractivity contribution in [3.8, 4) is 28.4 Å². The number of hydrogen-bond acceptors (Lipinski definition) is 12. The third-order valence-electron chi connectivity index (χ3n) is 6.67. The van der Waals surface area contributed by atoms with Gasteiger partial charge >= 0.3 is 5.97 Å². The molecule has 0 amide bonds. The van der Waals surface area contributed by atoms with Crippen LogP contribution in [0.15, 0.2) is 89.7 Å². The van der Waals surface area contributed by atoms with Crippen LogP contribution in [-0.4, -0.2) is 59.7 Å². The second-order valence-corrected chi connectivity index (χ2v) is 9.93. The summed E-state index contributed by atoms with van der Waals surface area (Å²) in [6, 6.07) is 20.6. The molecule has 1 aliphatic heterocycles. The summed E-state index contributed by atoms with van der Waals surface area (Å²) in [6.45, 7) is 3.27. The molecule has 18 heteroatoms. The van der Waals surface area contributed by atoms with Crippen molar-refractivity contribution in [1.29, 1.82) is 0 Å². The number of carbonyl (C=O) groups excluding carboxylic acids is 2. The summed E-state index contributed by atoms with van der Waals surface area (Å²) < 4.78 is 11.8. The maximum absolute atomic E-state index is 11.5. The maximum Gasteiger partial charge on any atom is 0.313 e. The molecule has 18 nitrogen and oxygen atoms in total. The molecule has 0 bridgehead atoms. The number of nitrogens with one attached hydrogen (secondary N) is 2. The Morgan fingerprint density at radius 3 is 1.70 bits per heavy atom. The minimum atomic E-state index is -0.601. The third-order valence-corrected chi connectivity index (χ3v) is 6.67. The number of H-pyrrole nitrogens is 2. The van der Waals surface area contributed by atoms with Crippen LogP contribution in [-0.2, 0) is 16.1 Å². The van der Waals surface area contributed by atoms with Crippen LogP contribution in [0.3, 0.4) is 0 Å². The van der Waals surface area contributed by atoms with Gasteiger partial charge in [0.2, 0.25) is 5.88 Å². The Bertz CT molecular complexity index is 2000. The van der Waals surface area contributed by atoms with Crippen molar-refractivity contribution in [2.45, 2.75) is 49.6 Å². The first-order chi connectivity index (χ1) is 23.4. The Balaban J connectivity index is 0.000000739. The Morgan fingerprint density at radius 2 is 1.26 bits per heavy atom. The van der Waals surface area contributed by atoms with Crippen LogP contribution < -0.4 is 10.3 Å². The number of aromatic nitrogens is 4. The molecule has 1 aliphatic rings. The number of ether oxygens (including phenoxy) is 2. The average molecular weight is 738 g/mol. The molecule has 6 rings (SSSR count). The van der Waals surface area contributed by atoms with E-state index in [0.29, 0.717) is 12.3 Å². The molecule has 0 saturated heterocycles. The molecule has 0 radical (unpaired) electrons. The maximum atomic E-state index is 11.5. The van der Waals surface area contributed by atoms with E-state index in [1.165, 1.54) is 54.6 Å². The molecule has 2 aromatic heterocycles. The molecule has 53 heavy (non-hydrogen) atoms. The molecular formula is C35H43N7O11. The van der Waals surface area contributed by atoms with Crippen molar-refractivity contribution < 1.29 is 33.8 Å². The highest BCUT2D eigenvalue weighted by Crippen LogP contribution is 2.27. The Hall–Kier alpha value is -6.98. The van der Waals surface area contributed by atoms with Crippen molar-refractivity contribution in [3.05, 3.63) is 131 Å². The first-order valence-corrected chi connectivity index (χ1v) is 14.4. The standard InChI is InChI=1S/C11H9N3O3.C11H11NO5.C9H7N3O3.4CH4/c15-14(16)9-3-1-8(2-4-9)10-7-11-13(12-10)5-6-17-11;1-2-17-11(14)7-10(13)8-3-5-9(6-4-8)12(15)16;13-9-5-8(10-11-9)6-1-3-7(4-2-6)12(14)15;;;;/h1-4,7H,5-6H2;3-6H,2,7H2,1H3;1-5H,(H2,10,11,13);4*1H4. The van der Waals surface area contributed by atoms with Crippen LogP contribution in [0, 0.1) is 30.3 Å². The van der Waals surface area contributed by atoms with Crippen LogP contribution >= 0.6 is 0 Å². The van der Waals surface area contributed by atoms with E-state index in [-0.39, 0.29) is 70.9 Å². The number of non-ortho nitro benzene ring substituents is 3. The lowest BCUT2D eigenvalue weighted by Gasteiger charge is -2.01. The normalized spacial score (nSPS) is 10.2. The van der Waals surface area contributed by atoms with Gasteiger partial charge in [0.15, 0.2) is 5.78 Å². The van der Waals surface area contributed by atoms with Gasteiger partial charge in [-0.2, -0.15) is 5.10 Å². The minimum absolute atomic E-state index is 0. The molecule has 0 saturated carbocycles.